The van der Waals surface area contributed by atoms with Gasteiger partial charge in [0.15, 0.2) is 0 Å². The molecule has 2 N–H and O–H groups in total. The van der Waals surface area contributed by atoms with E-state index in [0.717, 1.165) is 11.1 Å². The molecule has 5 heteroatoms. The van der Waals surface area contributed by atoms with E-state index >= 15 is 0 Å². The second-order valence-electron chi connectivity index (χ2n) is 6.85. The zero-order valence-electron chi connectivity index (χ0n) is 15.7. The zero-order chi connectivity index (χ0) is 19.3. The number of benzene rings is 2. The Balaban J connectivity index is 1.95. The maximum absolute atomic E-state index is 11.8. The maximum Gasteiger partial charge on any atom is 0.508 e. The van der Waals surface area contributed by atoms with Gasteiger partial charge in [-0.05, 0) is 23.0 Å². The van der Waals surface area contributed by atoms with Gasteiger partial charge in [-0.15, -0.1) is 0 Å². The van der Waals surface area contributed by atoms with E-state index in [1.807, 2.05) is 52.0 Å². The van der Waals surface area contributed by atoms with Gasteiger partial charge in [-0.25, -0.2) is 4.79 Å². The normalized spacial score (nSPS) is 11.0. The second-order valence-corrected chi connectivity index (χ2v) is 6.85. The number of carbonyl (C=O) groups excluding carboxylic acids is 1. The Morgan fingerprint density at radius 3 is 1.54 bits per heavy atom. The molecule has 0 saturated carbocycles. The number of hydrogen-bond acceptors (Lipinski definition) is 5. The lowest BCUT2D eigenvalue weighted by atomic mass is 9.99. The van der Waals surface area contributed by atoms with Gasteiger partial charge in [0.05, 0.1) is 0 Å². The molecule has 0 heterocycles. The molecule has 2 aromatic carbocycles. The maximum atomic E-state index is 11.8. The Morgan fingerprint density at radius 1 is 0.808 bits per heavy atom. The summed E-state index contributed by atoms with van der Waals surface area (Å²) < 4.78 is 10.2. The molecule has 2 aromatic rings. The van der Waals surface area contributed by atoms with E-state index < -0.39 is 6.16 Å². The number of rotatable bonds is 6. The van der Waals surface area contributed by atoms with Crippen molar-refractivity contribution in [2.45, 2.75) is 52.7 Å². The minimum absolute atomic E-state index is 0.0801. The molecular weight excluding hydrogens is 332 g/mol. The Labute approximate surface area is 154 Å². The van der Waals surface area contributed by atoms with Crippen molar-refractivity contribution in [2.24, 2.45) is 0 Å². The van der Waals surface area contributed by atoms with Crippen LogP contribution in [0.5, 0.6) is 11.5 Å². The number of phenolic OH excluding ortho intramolecular Hbond substituents is 2. The monoisotopic (exact) mass is 358 g/mol. The SMILES string of the molecule is CC(C)c1cccc(COC(=O)OCc2cccc(C(C)C)c2O)c1O. The smallest absolute Gasteiger partial charge is 0.507 e. The molecule has 0 aliphatic heterocycles. The van der Waals surface area contributed by atoms with Gasteiger partial charge in [-0.2, -0.15) is 0 Å². The third-order valence-corrected chi connectivity index (χ3v) is 4.24. The lowest BCUT2D eigenvalue weighted by Gasteiger charge is -2.14. The Morgan fingerprint density at radius 2 is 1.19 bits per heavy atom. The lowest BCUT2D eigenvalue weighted by molar-refractivity contribution is 0.0438. The summed E-state index contributed by atoms with van der Waals surface area (Å²) in [6, 6.07) is 10.7. The van der Waals surface area contributed by atoms with Crippen LogP contribution in [0, 0.1) is 0 Å². The fourth-order valence-electron chi connectivity index (χ4n) is 2.70. The van der Waals surface area contributed by atoms with Crippen LogP contribution in [0.25, 0.3) is 0 Å². The summed E-state index contributed by atoms with van der Waals surface area (Å²) >= 11 is 0. The Hall–Kier alpha value is -2.69. The van der Waals surface area contributed by atoms with E-state index in [2.05, 4.69) is 0 Å². The largest absolute Gasteiger partial charge is 0.508 e. The number of phenols is 2. The second kappa shape index (κ2) is 8.61. The van der Waals surface area contributed by atoms with E-state index in [4.69, 9.17) is 9.47 Å². The topological polar surface area (TPSA) is 76.0 Å². The van der Waals surface area contributed by atoms with Crippen LogP contribution in [-0.2, 0) is 22.7 Å². The molecule has 26 heavy (non-hydrogen) atoms. The summed E-state index contributed by atoms with van der Waals surface area (Å²) in [5.41, 5.74) is 2.65. The van der Waals surface area contributed by atoms with Crippen LogP contribution in [0.2, 0.25) is 0 Å². The van der Waals surface area contributed by atoms with Gasteiger partial charge in [0.25, 0.3) is 0 Å². The first-order valence-electron chi connectivity index (χ1n) is 8.72. The molecule has 0 radical (unpaired) electrons. The molecule has 0 aliphatic carbocycles. The fourth-order valence-corrected chi connectivity index (χ4v) is 2.70. The highest BCUT2D eigenvalue weighted by Gasteiger charge is 2.14. The molecule has 0 fully saturated rings. The molecule has 0 aromatic heterocycles. The number of carbonyl (C=O) groups is 1. The molecule has 5 nitrogen and oxygen atoms in total. The average molecular weight is 358 g/mol. The Bertz CT molecular complexity index is 701. The molecule has 0 saturated heterocycles. The standard InChI is InChI=1S/C21H26O5/c1-13(2)17-9-5-7-15(19(17)22)11-25-21(24)26-12-16-8-6-10-18(14(3)4)20(16)23/h5-10,13-14,22-23H,11-12H2,1-4H3. The molecule has 0 atom stereocenters. The number of para-hydroxylation sites is 2. The lowest BCUT2D eigenvalue weighted by Crippen LogP contribution is -2.08. The number of hydrogen-bond donors (Lipinski definition) is 2. The van der Waals surface area contributed by atoms with E-state index in [0.29, 0.717) is 11.1 Å². The van der Waals surface area contributed by atoms with Gasteiger partial charge in [-0.1, -0.05) is 64.1 Å². The van der Waals surface area contributed by atoms with Gasteiger partial charge in [0.2, 0.25) is 0 Å². The third kappa shape index (κ3) is 4.69. The van der Waals surface area contributed by atoms with Crippen molar-refractivity contribution in [3.05, 3.63) is 58.7 Å². The minimum Gasteiger partial charge on any atom is -0.507 e. The van der Waals surface area contributed by atoms with Gasteiger partial charge >= 0.3 is 6.16 Å². The zero-order valence-corrected chi connectivity index (χ0v) is 15.7. The van der Waals surface area contributed by atoms with E-state index in [1.165, 1.54) is 0 Å². The van der Waals surface area contributed by atoms with E-state index in [9.17, 15) is 15.0 Å². The predicted octanol–water partition coefficient (Wildman–Crippen LogP) is 5.20. The molecule has 0 aliphatic rings. The van der Waals surface area contributed by atoms with Crippen molar-refractivity contribution in [3.8, 4) is 11.5 Å². The first-order valence-corrected chi connectivity index (χ1v) is 8.72. The van der Waals surface area contributed by atoms with Crippen molar-refractivity contribution in [1.29, 1.82) is 0 Å². The summed E-state index contributed by atoms with van der Waals surface area (Å²) in [5, 5.41) is 20.5. The van der Waals surface area contributed by atoms with Crippen LogP contribution in [0.1, 0.15) is 61.8 Å². The van der Waals surface area contributed by atoms with Crippen molar-refractivity contribution in [1.82, 2.24) is 0 Å². The quantitative estimate of drug-likeness (QED) is 0.694. The van der Waals surface area contributed by atoms with E-state index in [-0.39, 0.29) is 36.5 Å². The van der Waals surface area contributed by atoms with Crippen LogP contribution < -0.4 is 0 Å². The summed E-state index contributed by atoms with van der Waals surface area (Å²) in [5.74, 6) is 0.603. The average Bonchev–Trinajstić information content (AvgIpc) is 2.59. The van der Waals surface area contributed by atoms with Crippen molar-refractivity contribution < 1.29 is 24.5 Å². The highest BCUT2D eigenvalue weighted by atomic mass is 16.7. The highest BCUT2D eigenvalue weighted by Crippen LogP contribution is 2.30. The van der Waals surface area contributed by atoms with Crippen LogP contribution >= 0.6 is 0 Å². The first kappa shape index (κ1) is 19.6. The van der Waals surface area contributed by atoms with Crippen LogP contribution in [-0.4, -0.2) is 16.4 Å². The van der Waals surface area contributed by atoms with Crippen LogP contribution in [0.4, 0.5) is 4.79 Å². The molecule has 140 valence electrons. The summed E-state index contributed by atoms with van der Waals surface area (Å²) in [4.78, 5) is 11.8. The first-order chi connectivity index (χ1) is 12.3. The summed E-state index contributed by atoms with van der Waals surface area (Å²) in [7, 11) is 0. The van der Waals surface area contributed by atoms with Crippen molar-refractivity contribution in [2.75, 3.05) is 0 Å². The summed E-state index contributed by atoms with van der Waals surface area (Å²) in [6.45, 7) is 7.75. The van der Waals surface area contributed by atoms with E-state index in [1.54, 1.807) is 12.1 Å². The van der Waals surface area contributed by atoms with Gasteiger partial charge < -0.3 is 19.7 Å². The number of ether oxygens (including phenoxy) is 2. The third-order valence-electron chi connectivity index (χ3n) is 4.24. The highest BCUT2D eigenvalue weighted by molar-refractivity contribution is 5.60. The van der Waals surface area contributed by atoms with Crippen molar-refractivity contribution in [3.63, 3.8) is 0 Å². The predicted molar refractivity (Wildman–Crippen MR) is 99.4 cm³/mol. The van der Waals surface area contributed by atoms with Gasteiger partial charge in [-0.3, -0.25) is 0 Å². The van der Waals surface area contributed by atoms with Gasteiger partial charge in [0.1, 0.15) is 24.7 Å². The molecule has 0 spiro atoms. The van der Waals surface area contributed by atoms with Crippen molar-refractivity contribution >= 4 is 6.16 Å². The minimum atomic E-state index is -0.853. The van der Waals surface area contributed by atoms with Crippen LogP contribution in [0.15, 0.2) is 36.4 Å². The Kier molecular flexibility index (Phi) is 6.50. The molecule has 0 unspecified atom stereocenters. The molecule has 2 rings (SSSR count). The molecule has 0 bridgehead atoms. The molecule has 0 amide bonds. The summed E-state index contributed by atoms with van der Waals surface area (Å²) in [6.07, 6.45) is -0.853. The number of aromatic hydroxyl groups is 2. The fraction of sp³-hybridized carbons (Fsp3) is 0.381. The van der Waals surface area contributed by atoms with Gasteiger partial charge in [0, 0.05) is 11.1 Å². The van der Waals surface area contributed by atoms with Crippen LogP contribution in [0.3, 0.4) is 0 Å². The molecular formula is C21H26O5.